The molecule has 0 spiro atoms. The number of halogens is 1. The highest BCUT2D eigenvalue weighted by Crippen LogP contribution is 2.26. The van der Waals surface area contributed by atoms with Crippen LogP contribution in [-0.4, -0.2) is 49.8 Å². The van der Waals surface area contributed by atoms with Crippen LogP contribution in [0.1, 0.15) is 32.6 Å². The molecular weight excluding hydrogens is 376 g/mol. The van der Waals surface area contributed by atoms with Crippen molar-refractivity contribution in [2.24, 2.45) is 5.92 Å². The third-order valence-electron chi connectivity index (χ3n) is 5.21. The molecule has 0 radical (unpaired) electrons. The molecule has 0 atom stereocenters. The van der Waals surface area contributed by atoms with E-state index in [9.17, 15) is 8.42 Å². The summed E-state index contributed by atoms with van der Waals surface area (Å²) in [5.41, 5.74) is 0. The van der Waals surface area contributed by atoms with E-state index in [2.05, 4.69) is 27.8 Å². The Kier molecular flexibility index (Phi) is 5.46. The molecule has 1 aromatic carbocycles. The summed E-state index contributed by atoms with van der Waals surface area (Å²) in [5.74, 6) is 0.837. The molecule has 0 aromatic heterocycles. The molecular formula is C17H25BrN2O2S. The van der Waals surface area contributed by atoms with Crippen LogP contribution in [0.15, 0.2) is 33.6 Å². The summed E-state index contributed by atoms with van der Waals surface area (Å²) in [5, 5.41) is 0. The summed E-state index contributed by atoms with van der Waals surface area (Å²) in [6.45, 7) is 5.94. The van der Waals surface area contributed by atoms with E-state index in [-0.39, 0.29) is 0 Å². The highest BCUT2D eigenvalue weighted by atomic mass is 79.9. The Morgan fingerprint density at radius 1 is 0.957 bits per heavy atom. The number of hydrogen-bond donors (Lipinski definition) is 0. The van der Waals surface area contributed by atoms with Gasteiger partial charge in [-0.2, -0.15) is 4.31 Å². The zero-order valence-corrected chi connectivity index (χ0v) is 16.0. The number of likely N-dealkylation sites (tertiary alicyclic amines) is 1. The molecule has 6 heteroatoms. The molecule has 4 nitrogen and oxygen atoms in total. The van der Waals surface area contributed by atoms with Gasteiger partial charge >= 0.3 is 0 Å². The first-order valence-electron chi connectivity index (χ1n) is 8.46. The lowest BCUT2D eigenvalue weighted by Crippen LogP contribution is -2.48. The van der Waals surface area contributed by atoms with Crippen LogP contribution in [0.2, 0.25) is 0 Å². The molecule has 2 aliphatic rings. The molecule has 0 saturated carbocycles. The summed E-state index contributed by atoms with van der Waals surface area (Å²) in [4.78, 5) is 2.97. The predicted octanol–water partition coefficient (Wildman–Crippen LogP) is 3.33. The van der Waals surface area contributed by atoms with Crippen molar-refractivity contribution in [3.63, 3.8) is 0 Å². The van der Waals surface area contributed by atoms with E-state index in [0.29, 0.717) is 24.0 Å². The van der Waals surface area contributed by atoms with Crippen LogP contribution in [0.5, 0.6) is 0 Å². The Hall–Kier alpha value is -0.430. The number of piperidine rings is 2. The van der Waals surface area contributed by atoms with Gasteiger partial charge in [-0.15, -0.1) is 0 Å². The molecule has 2 fully saturated rings. The normalized spacial score (nSPS) is 23.2. The minimum Gasteiger partial charge on any atom is -0.300 e. The second kappa shape index (κ2) is 7.21. The van der Waals surface area contributed by atoms with Gasteiger partial charge in [-0.05, 0) is 69.0 Å². The number of sulfonamides is 1. The van der Waals surface area contributed by atoms with Crippen molar-refractivity contribution >= 4 is 26.0 Å². The Morgan fingerprint density at radius 2 is 1.52 bits per heavy atom. The number of nitrogens with zero attached hydrogens (tertiary/aromatic N) is 2. The molecule has 3 rings (SSSR count). The molecule has 0 N–H and O–H groups in total. The lowest BCUT2D eigenvalue weighted by atomic mass is 9.95. The topological polar surface area (TPSA) is 40.6 Å². The maximum absolute atomic E-state index is 12.7. The maximum Gasteiger partial charge on any atom is 0.243 e. The van der Waals surface area contributed by atoms with Gasteiger partial charge in [0.25, 0.3) is 0 Å². The predicted molar refractivity (Wildman–Crippen MR) is 95.9 cm³/mol. The molecule has 0 amide bonds. The van der Waals surface area contributed by atoms with Crippen LogP contribution in [0.25, 0.3) is 0 Å². The first-order valence-corrected chi connectivity index (χ1v) is 10.7. The fourth-order valence-corrected chi connectivity index (χ4v) is 5.33. The monoisotopic (exact) mass is 400 g/mol. The van der Waals surface area contributed by atoms with Crippen LogP contribution >= 0.6 is 15.9 Å². The van der Waals surface area contributed by atoms with E-state index in [4.69, 9.17) is 0 Å². The van der Waals surface area contributed by atoms with Crippen LogP contribution in [0, 0.1) is 5.92 Å². The van der Waals surface area contributed by atoms with Gasteiger partial charge in [0.2, 0.25) is 10.0 Å². The average Bonchev–Trinajstić information content (AvgIpc) is 2.56. The van der Waals surface area contributed by atoms with Crippen LogP contribution in [-0.2, 0) is 10.0 Å². The summed E-state index contributed by atoms with van der Waals surface area (Å²) in [6.07, 6.45) is 4.45. The molecule has 0 bridgehead atoms. The Labute approximate surface area is 148 Å². The Bertz CT molecular complexity index is 616. The molecule has 2 aliphatic heterocycles. The van der Waals surface area contributed by atoms with Gasteiger partial charge in [-0.25, -0.2) is 8.42 Å². The van der Waals surface area contributed by atoms with Crippen molar-refractivity contribution in [2.45, 2.75) is 43.5 Å². The number of benzene rings is 1. The van der Waals surface area contributed by atoms with Crippen LogP contribution < -0.4 is 0 Å². The summed E-state index contributed by atoms with van der Waals surface area (Å²) >= 11 is 3.35. The highest BCUT2D eigenvalue weighted by molar-refractivity contribution is 9.10. The Morgan fingerprint density at radius 3 is 2.09 bits per heavy atom. The van der Waals surface area contributed by atoms with E-state index in [1.165, 1.54) is 25.9 Å². The molecule has 128 valence electrons. The zero-order chi connectivity index (χ0) is 16.4. The highest BCUT2D eigenvalue weighted by Gasteiger charge is 2.32. The van der Waals surface area contributed by atoms with Gasteiger partial charge in [0, 0.05) is 23.6 Å². The minimum absolute atomic E-state index is 0.394. The quantitative estimate of drug-likeness (QED) is 0.780. The Balaban J connectivity index is 1.61. The lowest BCUT2D eigenvalue weighted by Gasteiger charge is -2.41. The largest absolute Gasteiger partial charge is 0.300 e. The fourth-order valence-electron chi connectivity index (χ4n) is 3.60. The molecule has 0 unspecified atom stereocenters. The molecule has 23 heavy (non-hydrogen) atoms. The standard InChI is InChI=1S/C17H25BrN2O2S/c1-14-6-10-19(11-7-14)16-8-12-20(13-9-16)23(21,22)17-4-2-15(18)3-5-17/h2-5,14,16H,6-13H2,1H3. The van der Waals surface area contributed by atoms with Gasteiger partial charge in [-0.1, -0.05) is 22.9 Å². The van der Waals surface area contributed by atoms with Crippen molar-refractivity contribution in [1.29, 1.82) is 0 Å². The van der Waals surface area contributed by atoms with Gasteiger partial charge < -0.3 is 4.90 Å². The van der Waals surface area contributed by atoms with Crippen molar-refractivity contribution in [3.8, 4) is 0 Å². The van der Waals surface area contributed by atoms with Crippen molar-refractivity contribution < 1.29 is 8.42 Å². The third-order valence-corrected chi connectivity index (χ3v) is 7.65. The van der Waals surface area contributed by atoms with Crippen LogP contribution in [0.3, 0.4) is 0 Å². The van der Waals surface area contributed by atoms with E-state index < -0.39 is 10.0 Å². The maximum atomic E-state index is 12.7. The SMILES string of the molecule is CC1CCN(C2CCN(S(=O)(=O)c3ccc(Br)cc3)CC2)CC1. The van der Waals surface area contributed by atoms with Crippen molar-refractivity contribution in [1.82, 2.24) is 9.21 Å². The average molecular weight is 401 g/mol. The second-order valence-electron chi connectivity index (χ2n) is 6.81. The van der Waals surface area contributed by atoms with E-state index in [1.807, 2.05) is 0 Å². The minimum atomic E-state index is -3.35. The smallest absolute Gasteiger partial charge is 0.243 e. The molecule has 2 heterocycles. The van der Waals surface area contributed by atoms with Gasteiger partial charge in [0.1, 0.15) is 0 Å². The molecule has 2 saturated heterocycles. The molecule has 1 aromatic rings. The first-order chi connectivity index (χ1) is 11.0. The van der Waals surface area contributed by atoms with E-state index in [0.717, 1.165) is 23.2 Å². The third kappa shape index (κ3) is 3.98. The first kappa shape index (κ1) is 17.4. The second-order valence-corrected chi connectivity index (χ2v) is 9.66. The fraction of sp³-hybridized carbons (Fsp3) is 0.647. The van der Waals surface area contributed by atoms with E-state index in [1.54, 1.807) is 28.6 Å². The van der Waals surface area contributed by atoms with E-state index >= 15 is 0 Å². The summed E-state index contributed by atoms with van der Waals surface area (Å²) in [6, 6.07) is 7.48. The number of rotatable bonds is 3. The van der Waals surface area contributed by atoms with Crippen LogP contribution in [0.4, 0.5) is 0 Å². The van der Waals surface area contributed by atoms with Crippen molar-refractivity contribution in [2.75, 3.05) is 26.2 Å². The zero-order valence-electron chi connectivity index (χ0n) is 13.6. The summed E-state index contributed by atoms with van der Waals surface area (Å²) in [7, 11) is -3.35. The van der Waals surface area contributed by atoms with Gasteiger partial charge in [0.05, 0.1) is 4.90 Å². The van der Waals surface area contributed by atoms with Gasteiger partial charge in [0.15, 0.2) is 0 Å². The number of hydrogen-bond acceptors (Lipinski definition) is 3. The lowest BCUT2D eigenvalue weighted by molar-refractivity contribution is 0.101. The van der Waals surface area contributed by atoms with Gasteiger partial charge in [-0.3, -0.25) is 0 Å². The summed E-state index contributed by atoms with van der Waals surface area (Å²) < 4.78 is 28.0. The molecule has 0 aliphatic carbocycles. The van der Waals surface area contributed by atoms with Crippen molar-refractivity contribution in [3.05, 3.63) is 28.7 Å².